The third-order valence-corrected chi connectivity index (χ3v) is 8.04. The number of rotatable bonds is 9. The fourth-order valence-electron chi connectivity index (χ4n) is 6.01. The molecule has 0 radical (unpaired) electrons. The minimum Gasteiger partial charge on any atom is -0.497 e. The van der Waals surface area contributed by atoms with Crippen LogP contribution in [0.1, 0.15) is 42.7 Å². The summed E-state index contributed by atoms with van der Waals surface area (Å²) in [4.78, 5) is 28.1. The minimum absolute atomic E-state index is 0.0503. The van der Waals surface area contributed by atoms with E-state index in [1.165, 1.54) is 0 Å². The first-order valence-corrected chi connectivity index (χ1v) is 14.0. The topological polar surface area (TPSA) is 104 Å². The number of allylic oxidation sites excluding steroid dienone is 3. The van der Waals surface area contributed by atoms with E-state index in [9.17, 15) is 9.59 Å². The first-order valence-electron chi connectivity index (χ1n) is 14.0. The number of carbonyl (C=O) groups excluding carboxylic acids is 2. The standard InChI is InChI=1S/C34H36N2O7/c1-19-30(34(38)36-22-11-13-23(39-2)14-12-22)31(24-8-7-9-28(41-4)33(24)43-6)32-25(35-19)16-21(17-26(32)37)20-10-15-27(40-3)29(18-20)42-5/h7-15,18,21,31,35H,16-17H2,1-6H3,(H,36,38)/t21-,31+/m1/s1. The zero-order valence-electron chi connectivity index (χ0n) is 25.2. The number of hydrogen-bond acceptors (Lipinski definition) is 8. The van der Waals surface area contributed by atoms with Crippen molar-refractivity contribution in [3.05, 3.63) is 94.3 Å². The Bertz CT molecular complexity index is 1610. The fourth-order valence-corrected chi connectivity index (χ4v) is 6.01. The molecule has 1 heterocycles. The number of ether oxygens (including phenoxy) is 5. The summed E-state index contributed by atoms with van der Waals surface area (Å²) in [5, 5.41) is 6.43. The van der Waals surface area contributed by atoms with Crippen molar-refractivity contribution in [2.45, 2.75) is 31.6 Å². The van der Waals surface area contributed by atoms with E-state index in [2.05, 4.69) is 10.6 Å². The number of amides is 1. The molecule has 0 unspecified atom stereocenters. The van der Waals surface area contributed by atoms with Crippen molar-refractivity contribution in [1.29, 1.82) is 0 Å². The summed E-state index contributed by atoms with van der Waals surface area (Å²) in [5.41, 5.74) is 4.66. The van der Waals surface area contributed by atoms with Gasteiger partial charge in [0, 0.05) is 40.2 Å². The predicted molar refractivity (Wildman–Crippen MR) is 163 cm³/mol. The molecular formula is C34H36N2O7. The summed E-state index contributed by atoms with van der Waals surface area (Å²) in [5.74, 6) is 1.75. The van der Waals surface area contributed by atoms with E-state index in [0.717, 1.165) is 11.3 Å². The molecule has 2 aliphatic rings. The van der Waals surface area contributed by atoms with Gasteiger partial charge in [0.15, 0.2) is 28.8 Å². The molecule has 0 aromatic heterocycles. The third kappa shape index (κ3) is 5.62. The number of carbonyl (C=O) groups is 2. The van der Waals surface area contributed by atoms with Gasteiger partial charge in [-0.05, 0) is 67.3 Å². The fraction of sp³-hybridized carbons (Fsp3) is 0.294. The van der Waals surface area contributed by atoms with Crippen molar-refractivity contribution in [3.63, 3.8) is 0 Å². The average Bonchev–Trinajstić information content (AvgIpc) is 3.03. The number of nitrogens with one attached hydrogen (secondary N) is 2. The smallest absolute Gasteiger partial charge is 0.254 e. The normalized spacial score (nSPS) is 18.0. The van der Waals surface area contributed by atoms with E-state index in [-0.39, 0.29) is 24.0 Å². The van der Waals surface area contributed by atoms with Crippen LogP contribution >= 0.6 is 0 Å². The lowest BCUT2D eigenvalue weighted by Crippen LogP contribution is -2.37. The highest BCUT2D eigenvalue weighted by Gasteiger charge is 2.42. The molecule has 0 bridgehead atoms. The van der Waals surface area contributed by atoms with E-state index < -0.39 is 5.92 Å². The largest absolute Gasteiger partial charge is 0.497 e. The number of Topliss-reactive ketones (excluding diaryl/α,β-unsaturated/α-hetero) is 1. The van der Waals surface area contributed by atoms with Crippen molar-refractivity contribution in [2.75, 3.05) is 40.9 Å². The first kappa shape index (κ1) is 29.6. The molecule has 9 nitrogen and oxygen atoms in total. The van der Waals surface area contributed by atoms with Crippen LogP contribution in [-0.4, -0.2) is 47.2 Å². The van der Waals surface area contributed by atoms with Crippen molar-refractivity contribution in [2.24, 2.45) is 0 Å². The summed E-state index contributed by atoms with van der Waals surface area (Å²) in [6.07, 6.45) is 0.843. The number of methoxy groups -OCH3 is 5. The second kappa shape index (κ2) is 12.5. The van der Waals surface area contributed by atoms with Gasteiger partial charge in [0.25, 0.3) is 5.91 Å². The average molecular weight is 585 g/mol. The first-order chi connectivity index (χ1) is 20.8. The number of benzene rings is 3. The summed E-state index contributed by atoms with van der Waals surface area (Å²) < 4.78 is 27.6. The second-order valence-electron chi connectivity index (χ2n) is 10.4. The number of dihydropyridines is 1. The molecule has 1 amide bonds. The second-order valence-corrected chi connectivity index (χ2v) is 10.4. The molecule has 2 N–H and O–H groups in total. The van der Waals surface area contributed by atoms with Crippen LogP contribution in [-0.2, 0) is 9.59 Å². The van der Waals surface area contributed by atoms with Crippen molar-refractivity contribution >= 4 is 17.4 Å². The van der Waals surface area contributed by atoms with Gasteiger partial charge in [-0.3, -0.25) is 9.59 Å². The predicted octanol–water partition coefficient (Wildman–Crippen LogP) is 5.73. The highest BCUT2D eigenvalue weighted by atomic mass is 16.5. The summed E-state index contributed by atoms with van der Waals surface area (Å²) in [6, 6.07) is 18.3. The van der Waals surface area contributed by atoms with Crippen LogP contribution in [0, 0.1) is 0 Å². The molecule has 3 aromatic carbocycles. The van der Waals surface area contributed by atoms with Gasteiger partial charge in [0.1, 0.15) is 5.75 Å². The molecule has 0 fully saturated rings. The van der Waals surface area contributed by atoms with Gasteiger partial charge in [-0.15, -0.1) is 0 Å². The molecule has 3 aromatic rings. The zero-order valence-corrected chi connectivity index (χ0v) is 25.2. The van der Waals surface area contributed by atoms with E-state index in [1.54, 1.807) is 65.9 Å². The number of anilines is 1. The molecule has 0 spiro atoms. The Hall–Kier alpha value is -4.92. The lowest BCUT2D eigenvalue weighted by molar-refractivity contribution is -0.116. The molecule has 224 valence electrons. The van der Waals surface area contributed by atoms with Gasteiger partial charge in [-0.25, -0.2) is 0 Å². The molecule has 0 saturated heterocycles. The third-order valence-electron chi connectivity index (χ3n) is 8.04. The highest BCUT2D eigenvalue weighted by molar-refractivity contribution is 6.10. The number of hydrogen-bond donors (Lipinski definition) is 2. The maximum Gasteiger partial charge on any atom is 0.254 e. The van der Waals surface area contributed by atoms with Crippen molar-refractivity contribution in [3.8, 4) is 28.7 Å². The Balaban J connectivity index is 1.59. The Morgan fingerprint density at radius 2 is 1.53 bits per heavy atom. The van der Waals surface area contributed by atoms with E-state index in [1.807, 2.05) is 37.3 Å². The number of ketones is 1. The Morgan fingerprint density at radius 3 is 2.19 bits per heavy atom. The molecule has 9 heteroatoms. The van der Waals surface area contributed by atoms with E-state index in [0.29, 0.717) is 63.3 Å². The Kier molecular flexibility index (Phi) is 8.61. The Labute approximate surface area is 251 Å². The van der Waals surface area contributed by atoms with Crippen LogP contribution < -0.4 is 34.3 Å². The van der Waals surface area contributed by atoms with E-state index >= 15 is 0 Å². The molecule has 1 aliphatic carbocycles. The van der Waals surface area contributed by atoms with Gasteiger partial charge >= 0.3 is 0 Å². The lowest BCUT2D eigenvalue weighted by Gasteiger charge is -2.37. The van der Waals surface area contributed by atoms with Crippen molar-refractivity contribution < 1.29 is 33.3 Å². The summed E-state index contributed by atoms with van der Waals surface area (Å²) in [6.45, 7) is 1.86. The monoisotopic (exact) mass is 584 g/mol. The van der Waals surface area contributed by atoms with E-state index in [4.69, 9.17) is 23.7 Å². The molecule has 5 rings (SSSR count). The van der Waals surface area contributed by atoms with Gasteiger partial charge in [-0.1, -0.05) is 18.2 Å². The molecule has 0 saturated carbocycles. The SMILES string of the molecule is COc1ccc(NC(=O)C2=C(C)NC3=C(C(=O)C[C@H](c4ccc(OC)c(OC)c4)C3)[C@H]2c2cccc(OC)c2OC)cc1. The van der Waals surface area contributed by atoms with Gasteiger partial charge < -0.3 is 34.3 Å². The maximum absolute atomic E-state index is 14.1. The zero-order chi connectivity index (χ0) is 30.7. The summed E-state index contributed by atoms with van der Waals surface area (Å²) >= 11 is 0. The van der Waals surface area contributed by atoms with Crippen LogP contribution in [0.4, 0.5) is 5.69 Å². The van der Waals surface area contributed by atoms with Crippen LogP contribution in [0.3, 0.4) is 0 Å². The quantitative estimate of drug-likeness (QED) is 0.329. The van der Waals surface area contributed by atoms with Gasteiger partial charge in [0.2, 0.25) is 0 Å². The van der Waals surface area contributed by atoms with Crippen LogP contribution in [0.5, 0.6) is 28.7 Å². The molecular weight excluding hydrogens is 548 g/mol. The molecule has 1 aliphatic heterocycles. The van der Waals surface area contributed by atoms with Crippen LogP contribution in [0.2, 0.25) is 0 Å². The number of para-hydroxylation sites is 1. The van der Waals surface area contributed by atoms with Gasteiger partial charge in [-0.2, -0.15) is 0 Å². The van der Waals surface area contributed by atoms with Crippen LogP contribution in [0.15, 0.2) is 83.2 Å². The van der Waals surface area contributed by atoms with Crippen molar-refractivity contribution in [1.82, 2.24) is 5.32 Å². The highest BCUT2D eigenvalue weighted by Crippen LogP contribution is 2.49. The molecule has 43 heavy (non-hydrogen) atoms. The summed E-state index contributed by atoms with van der Waals surface area (Å²) in [7, 11) is 7.89. The Morgan fingerprint density at radius 1 is 0.814 bits per heavy atom. The van der Waals surface area contributed by atoms with Gasteiger partial charge in [0.05, 0.1) is 41.5 Å². The molecule has 2 atom stereocenters. The maximum atomic E-state index is 14.1. The lowest BCUT2D eigenvalue weighted by atomic mass is 9.71. The minimum atomic E-state index is -0.682. The van der Waals surface area contributed by atoms with Crippen LogP contribution in [0.25, 0.3) is 0 Å².